The van der Waals surface area contributed by atoms with Gasteiger partial charge < -0.3 is 15.8 Å². The van der Waals surface area contributed by atoms with Crippen molar-refractivity contribution >= 4 is 11.9 Å². The maximum Gasteiger partial charge on any atom is 0.310 e. The van der Waals surface area contributed by atoms with E-state index in [-0.39, 0.29) is 29.8 Å². The minimum absolute atomic E-state index is 0.0145. The molecule has 6 nitrogen and oxygen atoms in total. The van der Waals surface area contributed by atoms with Gasteiger partial charge in [0, 0.05) is 38.1 Å². The first kappa shape index (κ1) is 15.9. The Morgan fingerprint density at radius 1 is 1.42 bits per heavy atom. The van der Waals surface area contributed by atoms with E-state index in [2.05, 4.69) is 10.2 Å². The van der Waals surface area contributed by atoms with Crippen LogP contribution in [0.2, 0.25) is 0 Å². The van der Waals surface area contributed by atoms with Gasteiger partial charge in [0.15, 0.2) is 0 Å². The van der Waals surface area contributed by atoms with E-state index in [0.29, 0.717) is 19.5 Å². The van der Waals surface area contributed by atoms with E-state index >= 15 is 0 Å². The first-order valence-electron chi connectivity index (χ1n) is 6.78. The van der Waals surface area contributed by atoms with Gasteiger partial charge in [-0.2, -0.15) is 0 Å². The Bertz CT molecular complexity index is 320. The van der Waals surface area contributed by atoms with E-state index in [1.807, 2.05) is 13.8 Å². The van der Waals surface area contributed by atoms with Crippen LogP contribution < -0.4 is 11.1 Å². The molecule has 0 aromatic rings. The molecule has 2 atom stereocenters. The molecule has 0 aromatic heterocycles. The van der Waals surface area contributed by atoms with Gasteiger partial charge >= 0.3 is 5.97 Å². The summed E-state index contributed by atoms with van der Waals surface area (Å²) in [5, 5.41) is 2.99. The molecule has 1 heterocycles. The topological polar surface area (TPSA) is 84.7 Å². The molecule has 0 bridgehead atoms. The molecule has 1 rings (SSSR count). The molecule has 0 aromatic carbocycles. The van der Waals surface area contributed by atoms with Crippen molar-refractivity contribution in [3.8, 4) is 0 Å². The molecular weight excluding hydrogens is 246 g/mol. The first-order chi connectivity index (χ1) is 8.97. The molecule has 110 valence electrons. The SMILES string of the molecule is COC(=O)C1CC(NC(=O)C(C)C)CN(CCN)C1. The number of nitrogens with two attached hydrogens (primary N) is 1. The normalized spacial score (nSPS) is 24.3. The van der Waals surface area contributed by atoms with Crippen molar-refractivity contribution in [1.82, 2.24) is 10.2 Å². The van der Waals surface area contributed by atoms with E-state index in [1.54, 1.807) is 0 Å². The van der Waals surface area contributed by atoms with Crippen LogP contribution in [0.3, 0.4) is 0 Å². The summed E-state index contributed by atoms with van der Waals surface area (Å²) in [6.45, 7) is 6.36. The van der Waals surface area contributed by atoms with Crippen LogP contribution >= 0.6 is 0 Å². The molecule has 6 heteroatoms. The van der Waals surface area contributed by atoms with Crippen LogP contribution in [0.4, 0.5) is 0 Å². The van der Waals surface area contributed by atoms with E-state index < -0.39 is 0 Å². The Kier molecular flexibility index (Phi) is 6.24. The van der Waals surface area contributed by atoms with Crippen LogP contribution in [0.15, 0.2) is 0 Å². The Morgan fingerprint density at radius 2 is 2.11 bits per heavy atom. The van der Waals surface area contributed by atoms with Crippen molar-refractivity contribution in [2.45, 2.75) is 26.3 Å². The van der Waals surface area contributed by atoms with Crippen molar-refractivity contribution in [1.29, 1.82) is 0 Å². The number of hydrogen-bond donors (Lipinski definition) is 2. The number of likely N-dealkylation sites (tertiary alicyclic amines) is 1. The van der Waals surface area contributed by atoms with E-state index in [0.717, 1.165) is 13.1 Å². The summed E-state index contributed by atoms with van der Waals surface area (Å²) >= 11 is 0. The summed E-state index contributed by atoms with van der Waals surface area (Å²) in [6.07, 6.45) is 0.631. The Balaban J connectivity index is 2.64. The van der Waals surface area contributed by atoms with Gasteiger partial charge in [-0.1, -0.05) is 13.8 Å². The number of ether oxygens (including phenoxy) is 1. The van der Waals surface area contributed by atoms with Crippen LogP contribution in [0.5, 0.6) is 0 Å². The quantitative estimate of drug-likeness (QED) is 0.664. The molecule has 1 aliphatic heterocycles. The summed E-state index contributed by atoms with van der Waals surface area (Å²) in [5.74, 6) is -0.446. The fourth-order valence-corrected chi connectivity index (χ4v) is 2.37. The molecule has 1 amide bonds. The Hall–Kier alpha value is -1.14. The minimum atomic E-state index is -0.217. The van der Waals surface area contributed by atoms with Gasteiger partial charge in [-0.25, -0.2) is 0 Å². The average molecular weight is 271 g/mol. The smallest absolute Gasteiger partial charge is 0.310 e. The van der Waals surface area contributed by atoms with Gasteiger partial charge in [-0.05, 0) is 6.42 Å². The lowest BCUT2D eigenvalue weighted by molar-refractivity contribution is -0.148. The van der Waals surface area contributed by atoms with Crippen molar-refractivity contribution in [3.05, 3.63) is 0 Å². The van der Waals surface area contributed by atoms with Gasteiger partial charge in [0.25, 0.3) is 0 Å². The molecule has 2 unspecified atom stereocenters. The van der Waals surface area contributed by atoms with Gasteiger partial charge in [0.2, 0.25) is 5.91 Å². The fourth-order valence-electron chi connectivity index (χ4n) is 2.37. The highest BCUT2D eigenvalue weighted by Gasteiger charge is 2.32. The minimum Gasteiger partial charge on any atom is -0.469 e. The van der Waals surface area contributed by atoms with E-state index in [1.165, 1.54) is 7.11 Å². The zero-order valence-electron chi connectivity index (χ0n) is 12.0. The summed E-state index contributed by atoms with van der Waals surface area (Å²) in [5.41, 5.74) is 5.56. The lowest BCUT2D eigenvalue weighted by atomic mass is 9.93. The number of rotatable bonds is 5. The number of piperidine rings is 1. The molecule has 0 radical (unpaired) electrons. The summed E-state index contributed by atoms with van der Waals surface area (Å²) in [6, 6.07) is -0.0145. The summed E-state index contributed by atoms with van der Waals surface area (Å²) < 4.78 is 4.81. The van der Waals surface area contributed by atoms with Crippen molar-refractivity contribution < 1.29 is 14.3 Å². The monoisotopic (exact) mass is 271 g/mol. The second-order valence-corrected chi connectivity index (χ2v) is 5.36. The largest absolute Gasteiger partial charge is 0.469 e. The molecule has 3 N–H and O–H groups in total. The van der Waals surface area contributed by atoms with Crippen LogP contribution in [0, 0.1) is 11.8 Å². The van der Waals surface area contributed by atoms with Crippen LogP contribution in [0.25, 0.3) is 0 Å². The maximum atomic E-state index is 11.8. The Morgan fingerprint density at radius 3 is 2.63 bits per heavy atom. The van der Waals surface area contributed by atoms with Crippen molar-refractivity contribution in [2.24, 2.45) is 17.6 Å². The summed E-state index contributed by atoms with van der Waals surface area (Å²) in [4.78, 5) is 25.5. The highest BCUT2D eigenvalue weighted by Crippen LogP contribution is 2.18. The zero-order chi connectivity index (χ0) is 14.4. The third-order valence-electron chi connectivity index (χ3n) is 3.38. The van der Waals surface area contributed by atoms with Crippen LogP contribution in [0.1, 0.15) is 20.3 Å². The number of carbonyl (C=O) groups excluding carboxylic acids is 2. The molecule has 1 fully saturated rings. The Labute approximate surface area is 114 Å². The van der Waals surface area contributed by atoms with Gasteiger partial charge in [0.1, 0.15) is 0 Å². The van der Waals surface area contributed by atoms with Crippen molar-refractivity contribution in [2.75, 3.05) is 33.3 Å². The van der Waals surface area contributed by atoms with E-state index in [4.69, 9.17) is 10.5 Å². The predicted molar refractivity (Wildman–Crippen MR) is 72.4 cm³/mol. The predicted octanol–water partition coefficient (Wildman–Crippen LogP) is -0.419. The number of amides is 1. The highest BCUT2D eigenvalue weighted by atomic mass is 16.5. The molecule has 0 aliphatic carbocycles. The lowest BCUT2D eigenvalue weighted by Gasteiger charge is -2.37. The van der Waals surface area contributed by atoms with Crippen LogP contribution in [-0.2, 0) is 14.3 Å². The second kappa shape index (κ2) is 7.45. The molecule has 0 saturated carbocycles. The van der Waals surface area contributed by atoms with Crippen molar-refractivity contribution in [3.63, 3.8) is 0 Å². The van der Waals surface area contributed by atoms with Gasteiger partial charge in [-0.15, -0.1) is 0 Å². The number of nitrogens with one attached hydrogen (secondary N) is 1. The molecular formula is C13H25N3O3. The highest BCUT2D eigenvalue weighted by molar-refractivity contribution is 5.78. The number of hydrogen-bond acceptors (Lipinski definition) is 5. The molecule has 1 aliphatic rings. The first-order valence-corrected chi connectivity index (χ1v) is 6.78. The lowest BCUT2D eigenvalue weighted by Crippen LogP contribution is -2.53. The van der Waals surface area contributed by atoms with Crippen LogP contribution in [-0.4, -0.2) is 56.1 Å². The fraction of sp³-hybridized carbons (Fsp3) is 0.846. The number of nitrogens with zero attached hydrogens (tertiary/aromatic N) is 1. The maximum absolute atomic E-state index is 11.8. The standard InChI is InChI=1S/C13H25N3O3/c1-9(2)12(17)15-11-6-10(13(18)19-3)7-16(8-11)5-4-14/h9-11H,4-8,14H2,1-3H3,(H,15,17). The van der Waals surface area contributed by atoms with Gasteiger partial charge in [-0.3, -0.25) is 14.5 Å². The third-order valence-corrected chi connectivity index (χ3v) is 3.38. The molecule has 0 spiro atoms. The van der Waals surface area contributed by atoms with Gasteiger partial charge in [0.05, 0.1) is 13.0 Å². The summed E-state index contributed by atoms with van der Waals surface area (Å²) in [7, 11) is 1.39. The molecule has 19 heavy (non-hydrogen) atoms. The third kappa shape index (κ3) is 4.80. The second-order valence-electron chi connectivity index (χ2n) is 5.36. The number of esters is 1. The zero-order valence-corrected chi connectivity index (χ0v) is 12.0. The van der Waals surface area contributed by atoms with E-state index in [9.17, 15) is 9.59 Å². The number of methoxy groups -OCH3 is 1. The average Bonchev–Trinajstić information content (AvgIpc) is 2.37. The molecule has 1 saturated heterocycles. The number of carbonyl (C=O) groups is 2.